The highest BCUT2D eigenvalue weighted by molar-refractivity contribution is 6.30. The van der Waals surface area contributed by atoms with Gasteiger partial charge in [-0.25, -0.2) is 9.59 Å². The third-order valence-corrected chi connectivity index (χ3v) is 4.60. The number of hydrogen-bond acceptors (Lipinski definition) is 4. The van der Waals surface area contributed by atoms with Gasteiger partial charge in [0.25, 0.3) is 0 Å². The van der Waals surface area contributed by atoms with Crippen molar-refractivity contribution in [2.45, 2.75) is 32.9 Å². The van der Waals surface area contributed by atoms with E-state index in [0.29, 0.717) is 35.8 Å². The van der Waals surface area contributed by atoms with E-state index in [9.17, 15) is 9.59 Å². The monoisotopic (exact) mass is 396 g/mol. The lowest BCUT2D eigenvalue weighted by molar-refractivity contribution is -0.889. The van der Waals surface area contributed by atoms with E-state index >= 15 is 0 Å². The molecule has 27 heavy (non-hydrogen) atoms. The quantitative estimate of drug-likeness (QED) is 0.578. The number of quaternary nitrogens is 1. The van der Waals surface area contributed by atoms with Crippen molar-refractivity contribution in [3.63, 3.8) is 0 Å². The van der Waals surface area contributed by atoms with Gasteiger partial charge in [0.05, 0.1) is 38.1 Å². The van der Waals surface area contributed by atoms with Crippen LogP contribution in [0.5, 0.6) is 5.75 Å². The van der Waals surface area contributed by atoms with Gasteiger partial charge in [-0.2, -0.15) is 0 Å². The van der Waals surface area contributed by atoms with Crippen LogP contribution in [0, 0.1) is 0 Å². The summed E-state index contributed by atoms with van der Waals surface area (Å²) < 4.78 is 10.6. The molecule has 0 aliphatic carbocycles. The summed E-state index contributed by atoms with van der Waals surface area (Å²) in [5, 5.41) is 6.19. The van der Waals surface area contributed by atoms with Crippen LogP contribution in [0.3, 0.4) is 0 Å². The number of rotatable bonds is 8. The molecule has 0 radical (unpaired) electrons. The van der Waals surface area contributed by atoms with E-state index < -0.39 is 5.97 Å². The normalized spacial score (nSPS) is 17.8. The fourth-order valence-corrected chi connectivity index (χ4v) is 3.37. The van der Waals surface area contributed by atoms with E-state index in [1.165, 1.54) is 0 Å². The number of benzene rings is 1. The van der Waals surface area contributed by atoms with Crippen LogP contribution >= 0.6 is 11.6 Å². The highest BCUT2D eigenvalue weighted by atomic mass is 35.5. The van der Waals surface area contributed by atoms with E-state index in [4.69, 9.17) is 21.1 Å². The molecule has 3 N–H and O–H groups in total. The van der Waals surface area contributed by atoms with Crippen LogP contribution in [0.4, 0.5) is 4.79 Å². The maximum Gasteiger partial charge on any atom is 0.338 e. The Morgan fingerprint density at radius 2 is 2.04 bits per heavy atom. The minimum absolute atomic E-state index is 0.280. The fourth-order valence-electron chi connectivity index (χ4n) is 3.18. The van der Waals surface area contributed by atoms with Crippen molar-refractivity contribution in [2.24, 2.45) is 0 Å². The average Bonchev–Trinajstić information content (AvgIpc) is 2.61. The Bertz CT molecular complexity index is 736. The van der Waals surface area contributed by atoms with E-state index in [0.717, 1.165) is 16.2 Å². The molecule has 2 rings (SSSR count). The molecule has 0 fully saturated rings. The molecule has 2 atom stereocenters. The van der Waals surface area contributed by atoms with E-state index in [1.807, 2.05) is 26.1 Å². The van der Waals surface area contributed by atoms with Crippen LogP contribution in [0.1, 0.15) is 25.8 Å². The van der Waals surface area contributed by atoms with Crippen LogP contribution in [0.15, 0.2) is 29.5 Å². The number of amides is 2. The van der Waals surface area contributed by atoms with Crippen molar-refractivity contribution < 1.29 is 24.0 Å². The highest BCUT2D eigenvalue weighted by Crippen LogP contribution is 2.22. The van der Waals surface area contributed by atoms with Crippen molar-refractivity contribution in [1.29, 1.82) is 0 Å². The molecule has 1 aromatic rings. The molecule has 148 valence electrons. The third-order valence-electron chi connectivity index (χ3n) is 4.36. The molecule has 1 aromatic carbocycles. The molecule has 2 amide bonds. The molecule has 0 saturated carbocycles. The van der Waals surface area contributed by atoms with Crippen molar-refractivity contribution in [3.8, 4) is 5.75 Å². The molecule has 0 bridgehead atoms. The second-order valence-electron chi connectivity index (χ2n) is 6.44. The van der Waals surface area contributed by atoms with Crippen LogP contribution in [0.2, 0.25) is 5.02 Å². The molecule has 1 aliphatic heterocycles. The summed E-state index contributed by atoms with van der Waals surface area (Å²) in [5.74, 6) is 0.346. The lowest BCUT2D eigenvalue weighted by Gasteiger charge is -2.29. The standard InChI is InChI=1S/C19H26ClN3O4/c1-5-14-17(18(24)27-6-2)15(22-19(25)21-14)11-23(3)10-12-9-13(20)7-8-16(12)26-4/h7-9,14H,5-6,10-11H2,1-4H3,(H2,21,22,25)/p+1/t14-/m0/s1. The van der Waals surface area contributed by atoms with Crippen LogP contribution < -0.4 is 20.3 Å². The van der Waals surface area contributed by atoms with Gasteiger partial charge >= 0.3 is 12.0 Å². The summed E-state index contributed by atoms with van der Waals surface area (Å²) in [6.45, 7) is 5.02. The number of likely N-dealkylation sites (N-methyl/N-ethyl adjacent to an activating group) is 1. The third kappa shape index (κ3) is 5.37. The Balaban J connectivity index is 2.26. The van der Waals surface area contributed by atoms with Gasteiger partial charge in [-0.05, 0) is 31.5 Å². The summed E-state index contributed by atoms with van der Waals surface area (Å²) >= 11 is 6.11. The van der Waals surface area contributed by atoms with E-state index in [1.54, 1.807) is 20.1 Å². The van der Waals surface area contributed by atoms with Gasteiger partial charge in [0.2, 0.25) is 0 Å². The van der Waals surface area contributed by atoms with E-state index in [-0.39, 0.29) is 18.7 Å². The minimum atomic E-state index is -0.403. The fraction of sp³-hybridized carbons (Fsp3) is 0.474. The largest absolute Gasteiger partial charge is 0.496 e. The lowest BCUT2D eigenvalue weighted by Crippen LogP contribution is -3.08. The van der Waals surface area contributed by atoms with Gasteiger partial charge in [0.1, 0.15) is 18.8 Å². The first-order valence-electron chi connectivity index (χ1n) is 9.00. The van der Waals surface area contributed by atoms with Crippen LogP contribution in [0.25, 0.3) is 0 Å². The predicted molar refractivity (Wildman–Crippen MR) is 103 cm³/mol. The number of urea groups is 1. The van der Waals surface area contributed by atoms with Crippen molar-refractivity contribution in [3.05, 3.63) is 40.1 Å². The second-order valence-corrected chi connectivity index (χ2v) is 6.88. The van der Waals surface area contributed by atoms with Crippen LogP contribution in [-0.2, 0) is 16.1 Å². The highest BCUT2D eigenvalue weighted by Gasteiger charge is 2.32. The van der Waals surface area contributed by atoms with Gasteiger partial charge < -0.3 is 25.0 Å². The number of carbonyl (C=O) groups excluding carboxylic acids is 2. The first-order chi connectivity index (χ1) is 12.9. The Hall–Kier alpha value is -2.25. The number of carbonyl (C=O) groups is 2. The second kappa shape index (κ2) is 9.62. The van der Waals surface area contributed by atoms with Gasteiger partial charge in [-0.3, -0.25) is 0 Å². The summed E-state index contributed by atoms with van der Waals surface area (Å²) in [7, 11) is 3.59. The van der Waals surface area contributed by atoms with Crippen LogP contribution in [-0.4, -0.2) is 45.4 Å². The van der Waals surface area contributed by atoms with Gasteiger partial charge in [-0.15, -0.1) is 0 Å². The molecule has 0 spiro atoms. The first-order valence-corrected chi connectivity index (χ1v) is 9.38. The van der Waals surface area contributed by atoms with Crippen molar-refractivity contribution >= 4 is 23.6 Å². The summed E-state index contributed by atoms with van der Waals surface area (Å²) in [4.78, 5) is 25.5. The van der Waals surface area contributed by atoms with Crippen molar-refractivity contribution in [1.82, 2.24) is 10.6 Å². The molecule has 1 unspecified atom stereocenters. The smallest absolute Gasteiger partial charge is 0.338 e. The number of hydrogen-bond donors (Lipinski definition) is 3. The predicted octanol–water partition coefficient (Wildman–Crippen LogP) is 1.27. The van der Waals surface area contributed by atoms with Gasteiger partial charge in [-0.1, -0.05) is 18.5 Å². The first kappa shape index (κ1) is 21.1. The molecule has 7 nitrogen and oxygen atoms in total. The number of methoxy groups -OCH3 is 1. The molecule has 1 heterocycles. The Morgan fingerprint density at radius 1 is 1.30 bits per heavy atom. The number of halogens is 1. The molecular weight excluding hydrogens is 370 g/mol. The van der Waals surface area contributed by atoms with Gasteiger partial charge in [0.15, 0.2) is 0 Å². The molecule has 0 aromatic heterocycles. The summed E-state index contributed by atoms with van der Waals surface area (Å²) in [6, 6.07) is 4.80. The van der Waals surface area contributed by atoms with Gasteiger partial charge in [0, 0.05) is 10.6 Å². The SMILES string of the molecule is CCOC(=O)C1=C(C[NH+](C)Cc2cc(Cl)ccc2OC)NC(=O)N[C@H]1CC. The molecule has 0 saturated heterocycles. The number of nitrogens with one attached hydrogen (secondary N) is 3. The van der Waals surface area contributed by atoms with E-state index in [2.05, 4.69) is 10.6 Å². The number of esters is 1. The summed E-state index contributed by atoms with van der Waals surface area (Å²) in [5.41, 5.74) is 2.02. The average molecular weight is 397 g/mol. The Kier molecular flexibility index (Phi) is 7.50. The zero-order valence-electron chi connectivity index (χ0n) is 16.1. The summed E-state index contributed by atoms with van der Waals surface area (Å²) in [6.07, 6.45) is 0.603. The topological polar surface area (TPSA) is 81.1 Å². The minimum Gasteiger partial charge on any atom is -0.496 e. The lowest BCUT2D eigenvalue weighted by atomic mass is 10.00. The number of ether oxygens (including phenoxy) is 2. The zero-order chi connectivity index (χ0) is 20.0. The Labute approximate surface area is 164 Å². The molecule has 1 aliphatic rings. The zero-order valence-corrected chi connectivity index (χ0v) is 16.9. The molecule has 8 heteroatoms. The maximum absolute atomic E-state index is 12.5. The Morgan fingerprint density at radius 3 is 2.67 bits per heavy atom. The van der Waals surface area contributed by atoms with Crippen molar-refractivity contribution in [2.75, 3.05) is 27.3 Å². The maximum atomic E-state index is 12.5. The molecular formula is C19H27ClN3O4+.